The maximum atomic E-state index is 15.0. The third kappa shape index (κ3) is 5.18. The summed E-state index contributed by atoms with van der Waals surface area (Å²) in [6.07, 6.45) is -3.01. The second kappa shape index (κ2) is 9.82. The maximum absolute atomic E-state index is 15.0. The lowest BCUT2D eigenvalue weighted by atomic mass is 10.1. The van der Waals surface area contributed by atoms with E-state index in [4.69, 9.17) is 16.3 Å². The second-order valence-corrected chi connectivity index (χ2v) is 7.18. The molecule has 0 amide bonds. The van der Waals surface area contributed by atoms with Crippen molar-refractivity contribution in [2.45, 2.75) is 32.5 Å². The molecule has 13 heteroatoms. The van der Waals surface area contributed by atoms with Crippen LogP contribution in [0.3, 0.4) is 0 Å². The maximum Gasteiger partial charge on any atom is 0.408 e. The highest BCUT2D eigenvalue weighted by Gasteiger charge is 2.37. The molecule has 0 unspecified atom stereocenters. The Morgan fingerprint density at radius 1 is 1.19 bits per heavy atom. The van der Waals surface area contributed by atoms with Crippen LogP contribution in [0.25, 0.3) is 16.9 Å². The van der Waals surface area contributed by atoms with Crippen molar-refractivity contribution in [1.82, 2.24) is 24.9 Å². The Kier molecular flexibility index (Phi) is 7.34. The third-order valence-electron chi connectivity index (χ3n) is 4.51. The molecular weight excluding hydrogens is 459 g/mol. The Bertz CT molecular complexity index is 1070. The Morgan fingerprint density at radius 2 is 1.88 bits per heavy atom. The van der Waals surface area contributed by atoms with E-state index >= 15 is 0 Å². The van der Waals surface area contributed by atoms with Crippen LogP contribution in [0.4, 0.5) is 27.8 Å². The monoisotopic (exact) mass is 478 g/mol. The molecule has 0 radical (unpaired) electrons. The van der Waals surface area contributed by atoms with Gasteiger partial charge in [0.2, 0.25) is 0 Å². The minimum Gasteiger partial charge on any atom is -0.493 e. The molecule has 2 N–H and O–H groups in total. The summed E-state index contributed by atoms with van der Waals surface area (Å²) in [4.78, 5) is 7.67. The molecule has 7 nitrogen and oxygen atoms in total. The number of halogens is 6. The fourth-order valence-electron chi connectivity index (χ4n) is 2.89. The van der Waals surface area contributed by atoms with Gasteiger partial charge in [0.05, 0.1) is 17.7 Å². The molecule has 174 valence electrons. The standard InChI is InChI=1S/C19H20ClF5N6O/c1-3-26-5-4-6-32-11-7-12(21)14(13(22)8-11)15-16(20)30-18-27-9-28-31(18)17(15)29-10(2)19(23,24)25/h7-10,26,29H,3-6H2,1-2H3/t10-/m0/s1. The predicted molar refractivity (Wildman–Crippen MR) is 109 cm³/mol. The first-order valence-electron chi connectivity index (χ1n) is 9.68. The molecule has 1 aromatic carbocycles. The summed E-state index contributed by atoms with van der Waals surface area (Å²) in [7, 11) is 0. The summed E-state index contributed by atoms with van der Waals surface area (Å²) in [5.41, 5.74) is -1.09. The quantitative estimate of drug-likeness (QED) is 0.268. The predicted octanol–water partition coefficient (Wildman–Crippen LogP) is 4.46. The Hall–Kier alpha value is -2.73. The molecular formula is C19H20ClF5N6O. The number of hydrogen-bond donors (Lipinski definition) is 2. The molecule has 0 bridgehead atoms. The fraction of sp³-hybridized carbons (Fsp3) is 0.421. The number of nitrogens with zero attached hydrogens (tertiary/aromatic N) is 4. The van der Waals surface area contributed by atoms with Crippen molar-refractivity contribution in [1.29, 1.82) is 0 Å². The first-order chi connectivity index (χ1) is 15.1. The van der Waals surface area contributed by atoms with Gasteiger partial charge in [-0.3, -0.25) is 0 Å². The number of alkyl halides is 3. The highest BCUT2D eigenvalue weighted by Crippen LogP contribution is 2.39. The van der Waals surface area contributed by atoms with Gasteiger partial charge >= 0.3 is 6.18 Å². The van der Waals surface area contributed by atoms with Crippen LogP contribution < -0.4 is 15.4 Å². The van der Waals surface area contributed by atoms with Crippen LogP contribution in [0.5, 0.6) is 5.75 Å². The summed E-state index contributed by atoms with van der Waals surface area (Å²) in [5.74, 6) is -2.78. The number of rotatable bonds is 9. The number of benzene rings is 1. The Balaban J connectivity index is 2.03. The topological polar surface area (TPSA) is 76.4 Å². The van der Waals surface area contributed by atoms with Gasteiger partial charge in [0, 0.05) is 12.1 Å². The van der Waals surface area contributed by atoms with Crippen molar-refractivity contribution in [2.75, 3.05) is 25.0 Å². The van der Waals surface area contributed by atoms with E-state index in [1.807, 2.05) is 6.92 Å². The Labute approximate surface area is 184 Å². The van der Waals surface area contributed by atoms with Crippen molar-refractivity contribution in [2.24, 2.45) is 0 Å². The van der Waals surface area contributed by atoms with Gasteiger partial charge in [0.1, 0.15) is 40.7 Å². The van der Waals surface area contributed by atoms with Crippen molar-refractivity contribution >= 4 is 23.2 Å². The summed E-state index contributed by atoms with van der Waals surface area (Å²) >= 11 is 6.13. The number of fused-ring (bicyclic) bond motifs is 1. The second-order valence-electron chi connectivity index (χ2n) is 6.82. The third-order valence-corrected chi connectivity index (χ3v) is 4.78. The van der Waals surface area contributed by atoms with Crippen LogP contribution in [0, 0.1) is 11.6 Å². The average molecular weight is 479 g/mol. The van der Waals surface area contributed by atoms with Crippen molar-refractivity contribution in [3.8, 4) is 16.9 Å². The minimum atomic E-state index is -4.65. The molecule has 0 saturated carbocycles. The van der Waals surface area contributed by atoms with Crippen LogP contribution in [-0.4, -0.2) is 51.5 Å². The zero-order valence-corrected chi connectivity index (χ0v) is 17.9. The average Bonchev–Trinajstić information content (AvgIpc) is 3.16. The summed E-state index contributed by atoms with van der Waals surface area (Å²) in [6.45, 7) is 4.46. The van der Waals surface area contributed by atoms with Gasteiger partial charge in [-0.15, -0.1) is 0 Å². The number of anilines is 1. The van der Waals surface area contributed by atoms with E-state index in [1.54, 1.807) is 0 Å². The van der Waals surface area contributed by atoms with E-state index < -0.39 is 46.0 Å². The largest absolute Gasteiger partial charge is 0.493 e. The minimum absolute atomic E-state index is 0.0654. The molecule has 2 aromatic heterocycles. The first kappa shape index (κ1) is 23.9. The van der Waals surface area contributed by atoms with Gasteiger partial charge in [-0.05, 0) is 26.4 Å². The summed E-state index contributed by atoms with van der Waals surface area (Å²) in [5, 5.41) is 8.63. The van der Waals surface area contributed by atoms with Crippen LogP contribution in [0.1, 0.15) is 20.3 Å². The number of hydrogen-bond acceptors (Lipinski definition) is 6. The van der Waals surface area contributed by atoms with E-state index in [1.165, 1.54) is 0 Å². The molecule has 2 heterocycles. The fourth-order valence-corrected chi connectivity index (χ4v) is 3.15. The molecule has 0 aliphatic carbocycles. The van der Waals surface area contributed by atoms with Crippen LogP contribution in [0.15, 0.2) is 18.5 Å². The normalized spacial score (nSPS) is 12.9. The van der Waals surface area contributed by atoms with Gasteiger partial charge < -0.3 is 15.4 Å². The number of ether oxygens (including phenoxy) is 1. The molecule has 3 aromatic rings. The number of aromatic nitrogens is 4. The molecule has 32 heavy (non-hydrogen) atoms. The lowest BCUT2D eigenvalue weighted by Crippen LogP contribution is -2.34. The van der Waals surface area contributed by atoms with E-state index in [0.29, 0.717) is 13.0 Å². The van der Waals surface area contributed by atoms with Gasteiger partial charge in [-0.1, -0.05) is 18.5 Å². The number of nitrogens with one attached hydrogen (secondary N) is 2. The van der Waals surface area contributed by atoms with Crippen molar-refractivity contribution in [3.05, 3.63) is 35.2 Å². The molecule has 0 spiro atoms. The molecule has 0 aliphatic heterocycles. The van der Waals surface area contributed by atoms with E-state index in [9.17, 15) is 22.0 Å². The molecule has 0 aliphatic rings. The van der Waals surface area contributed by atoms with Crippen molar-refractivity contribution < 1.29 is 26.7 Å². The van der Waals surface area contributed by atoms with Crippen molar-refractivity contribution in [3.63, 3.8) is 0 Å². The highest BCUT2D eigenvalue weighted by atomic mass is 35.5. The zero-order chi connectivity index (χ0) is 23.5. The van der Waals surface area contributed by atoms with Crippen LogP contribution in [-0.2, 0) is 0 Å². The lowest BCUT2D eigenvalue weighted by molar-refractivity contribution is -0.138. The first-order valence-corrected chi connectivity index (χ1v) is 10.1. The van der Waals surface area contributed by atoms with Crippen LogP contribution >= 0.6 is 11.6 Å². The van der Waals surface area contributed by atoms with Crippen LogP contribution in [0.2, 0.25) is 5.15 Å². The van der Waals surface area contributed by atoms with Gasteiger partial charge in [-0.2, -0.15) is 32.8 Å². The molecule has 3 rings (SSSR count). The summed E-state index contributed by atoms with van der Waals surface area (Å²) < 4.78 is 75.7. The molecule has 0 fully saturated rings. The van der Waals surface area contributed by atoms with E-state index in [-0.39, 0.29) is 18.1 Å². The SMILES string of the molecule is CCNCCCOc1cc(F)c(-c2c(Cl)nc3ncnn3c2N[C@@H](C)C(F)(F)F)c(F)c1. The van der Waals surface area contributed by atoms with Gasteiger partial charge in [-0.25, -0.2) is 8.78 Å². The highest BCUT2D eigenvalue weighted by molar-refractivity contribution is 6.33. The zero-order valence-electron chi connectivity index (χ0n) is 17.1. The van der Waals surface area contributed by atoms with Gasteiger partial charge in [0.25, 0.3) is 5.78 Å². The van der Waals surface area contributed by atoms with Gasteiger partial charge in [0.15, 0.2) is 0 Å². The smallest absolute Gasteiger partial charge is 0.408 e. The van der Waals surface area contributed by atoms with E-state index in [0.717, 1.165) is 36.4 Å². The molecule has 0 saturated heterocycles. The summed E-state index contributed by atoms with van der Waals surface area (Å²) in [6, 6.07) is -0.216. The lowest BCUT2D eigenvalue weighted by Gasteiger charge is -2.21. The molecule has 1 atom stereocenters. The Morgan fingerprint density at radius 3 is 2.50 bits per heavy atom. The van der Waals surface area contributed by atoms with E-state index in [2.05, 4.69) is 25.7 Å².